The van der Waals surface area contributed by atoms with Crippen molar-refractivity contribution in [1.29, 1.82) is 0 Å². The van der Waals surface area contributed by atoms with Crippen LogP contribution >= 0.6 is 0 Å². The zero-order chi connectivity index (χ0) is 19.7. The summed E-state index contributed by atoms with van der Waals surface area (Å²) >= 11 is 0. The average molecular weight is 392 g/mol. The third-order valence-corrected chi connectivity index (χ3v) is 6.20. The summed E-state index contributed by atoms with van der Waals surface area (Å²) in [6.07, 6.45) is 16.3. The normalized spacial score (nSPS) is 13.0. The van der Waals surface area contributed by atoms with E-state index >= 15 is 0 Å². The summed E-state index contributed by atoms with van der Waals surface area (Å²) < 4.78 is 26.0. The number of nitrogens with one attached hydrogen (secondary N) is 1. The van der Waals surface area contributed by atoms with Gasteiger partial charge in [0.05, 0.1) is 5.75 Å². The summed E-state index contributed by atoms with van der Waals surface area (Å²) in [5.74, 6) is -1.07. The number of rotatable bonds is 19. The van der Waals surface area contributed by atoms with Crippen molar-refractivity contribution in [3.05, 3.63) is 0 Å². The average Bonchev–Trinajstić information content (AvgIpc) is 2.59. The van der Waals surface area contributed by atoms with E-state index < -0.39 is 22.0 Å². The van der Waals surface area contributed by atoms with Gasteiger partial charge in [-0.25, -0.2) is 13.1 Å². The maximum Gasteiger partial charge on any atom is 0.321 e. The first kappa shape index (κ1) is 25.4. The van der Waals surface area contributed by atoms with Gasteiger partial charge in [-0.2, -0.15) is 0 Å². The number of hydrogen-bond donors (Lipinski definition) is 2. The Labute approximate surface area is 161 Å². The van der Waals surface area contributed by atoms with Gasteiger partial charge in [0.25, 0.3) is 0 Å². The second-order valence-corrected chi connectivity index (χ2v) is 9.23. The van der Waals surface area contributed by atoms with Gasteiger partial charge in [0, 0.05) is 0 Å². The van der Waals surface area contributed by atoms with Crippen molar-refractivity contribution in [1.82, 2.24) is 4.72 Å². The van der Waals surface area contributed by atoms with Crippen LogP contribution in [0.1, 0.15) is 110 Å². The first-order valence-electron chi connectivity index (χ1n) is 10.7. The van der Waals surface area contributed by atoms with Crippen molar-refractivity contribution in [2.75, 3.05) is 5.75 Å². The van der Waals surface area contributed by atoms with Gasteiger partial charge < -0.3 is 5.11 Å². The predicted molar refractivity (Wildman–Crippen MR) is 109 cm³/mol. The van der Waals surface area contributed by atoms with Crippen molar-refractivity contribution < 1.29 is 18.3 Å². The largest absolute Gasteiger partial charge is 0.480 e. The lowest BCUT2D eigenvalue weighted by Crippen LogP contribution is -2.41. The first-order chi connectivity index (χ1) is 12.4. The van der Waals surface area contributed by atoms with E-state index in [0.717, 1.165) is 25.7 Å². The van der Waals surface area contributed by atoms with Crippen LogP contribution in [0.2, 0.25) is 0 Å². The van der Waals surface area contributed by atoms with Crippen molar-refractivity contribution in [2.24, 2.45) is 0 Å². The highest BCUT2D eigenvalue weighted by atomic mass is 32.2. The Morgan fingerprint density at radius 2 is 1.19 bits per heavy atom. The lowest BCUT2D eigenvalue weighted by molar-refractivity contribution is -0.139. The van der Waals surface area contributed by atoms with Gasteiger partial charge in [0.1, 0.15) is 6.04 Å². The summed E-state index contributed by atoms with van der Waals surface area (Å²) in [5.41, 5.74) is 0. The molecule has 0 aliphatic rings. The Balaban J connectivity index is 3.71. The Kier molecular flexibility index (Phi) is 16.2. The van der Waals surface area contributed by atoms with E-state index in [1.807, 2.05) is 6.92 Å². The van der Waals surface area contributed by atoms with Crippen molar-refractivity contribution in [3.8, 4) is 0 Å². The fraction of sp³-hybridized carbons (Fsp3) is 0.950. The van der Waals surface area contributed by atoms with E-state index in [9.17, 15) is 18.3 Å². The maximum atomic E-state index is 11.8. The number of hydrogen-bond acceptors (Lipinski definition) is 3. The molecule has 0 rings (SSSR count). The van der Waals surface area contributed by atoms with E-state index in [1.54, 1.807) is 0 Å². The van der Waals surface area contributed by atoms with E-state index in [2.05, 4.69) is 11.6 Å². The Morgan fingerprint density at radius 1 is 0.769 bits per heavy atom. The molecular formula is C20H41NO4S. The maximum absolute atomic E-state index is 11.8. The number of aliphatic carboxylic acids is 1. The van der Waals surface area contributed by atoms with E-state index in [4.69, 9.17) is 0 Å². The van der Waals surface area contributed by atoms with Crippen LogP contribution in [0.5, 0.6) is 0 Å². The van der Waals surface area contributed by atoms with Gasteiger partial charge >= 0.3 is 5.97 Å². The lowest BCUT2D eigenvalue weighted by atomic mass is 10.0. The van der Waals surface area contributed by atoms with Crippen LogP contribution in [0.4, 0.5) is 0 Å². The minimum Gasteiger partial charge on any atom is -0.480 e. The third-order valence-electron chi connectivity index (χ3n) is 4.73. The zero-order valence-corrected chi connectivity index (χ0v) is 17.8. The second-order valence-electron chi connectivity index (χ2n) is 7.36. The number of carbonyl (C=O) groups is 1. The summed E-state index contributed by atoms with van der Waals surface area (Å²) in [6, 6.07) is -0.986. The highest BCUT2D eigenvalue weighted by Crippen LogP contribution is 2.13. The molecular weight excluding hydrogens is 350 g/mol. The molecule has 26 heavy (non-hydrogen) atoms. The molecule has 1 atom stereocenters. The molecule has 0 radical (unpaired) electrons. The number of unbranched alkanes of at least 4 members (excludes halogenated alkanes) is 12. The highest BCUT2D eigenvalue weighted by Gasteiger charge is 2.22. The minimum atomic E-state index is -3.49. The van der Waals surface area contributed by atoms with Crippen molar-refractivity contribution in [2.45, 2.75) is 116 Å². The van der Waals surface area contributed by atoms with Gasteiger partial charge in [-0.05, 0) is 12.8 Å². The smallest absolute Gasteiger partial charge is 0.321 e. The molecule has 0 aliphatic carbocycles. The van der Waals surface area contributed by atoms with Gasteiger partial charge in [-0.3, -0.25) is 4.79 Å². The van der Waals surface area contributed by atoms with E-state index in [-0.39, 0.29) is 5.75 Å². The minimum absolute atomic E-state index is 0.00568. The Hall–Kier alpha value is -0.620. The van der Waals surface area contributed by atoms with Gasteiger partial charge in [-0.15, -0.1) is 0 Å². The van der Waals surface area contributed by atoms with Crippen LogP contribution in [0.25, 0.3) is 0 Å². The molecule has 0 aromatic carbocycles. The molecule has 0 aromatic heterocycles. The third kappa shape index (κ3) is 15.6. The predicted octanol–water partition coefficient (Wildman–Crippen LogP) is 5.25. The molecule has 0 saturated carbocycles. The van der Waals surface area contributed by atoms with Crippen molar-refractivity contribution in [3.63, 3.8) is 0 Å². The number of carboxylic acids is 1. The second kappa shape index (κ2) is 16.5. The fourth-order valence-corrected chi connectivity index (χ4v) is 4.47. The molecule has 0 aromatic rings. The summed E-state index contributed by atoms with van der Waals surface area (Å²) in [7, 11) is -3.49. The van der Waals surface area contributed by atoms with Crippen LogP contribution in [0.3, 0.4) is 0 Å². The van der Waals surface area contributed by atoms with Crippen molar-refractivity contribution >= 4 is 16.0 Å². The quantitative estimate of drug-likeness (QED) is 0.295. The topological polar surface area (TPSA) is 83.5 Å². The van der Waals surface area contributed by atoms with Crippen LogP contribution in [-0.4, -0.2) is 31.3 Å². The SMILES string of the molecule is CCCCCCCCCCCCCCC(NS(=O)(=O)CCCC)C(=O)O. The zero-order valence-electron chi connectivity index (χ0n) is 17.0. The molecule has 6 heteroatoms. The molecule has 0 bridgehead atoms. The van der Waals surface area contributed by atoms with Gasteiger partial charge in [0.15, 0.2) is 0 Å². The molecule has 1 unspecified atom stereocenters. The summed E-state index contributed by atoms with van der Waals surface area (Å²) in [5, 5.41) is 9.21. The number of carboxylic acid groups (broad SMARTS) is 1. The Morgan fingerprint density at radius 3 is 1.62 bits per heavy atom. The highest BCUT2D eigenvalue weighted by molar-refractivity contribution is 7.89. The van der Waals surface area contributed by atoms with Crippen LogP contribution in [-0.2, 0) is 14.8 Å². The van der Waals surface area contributed by atoms with Gasteiger partial charge in [-0.1, -0.05) is 97.3 Å². The molecule has 2 N–H and O–H groups in total. The molecule has 5 nitrogen and oxygen atoms in total. The van der Waals surface area contributed by atoms with Crippen LogP contribution in [0, 0.1) is 0 Å². The monoisotopic (exact) mass is 391 g/mol. The number of sulfonamides is 1. The fourth-order valence-electron chi connectivity index (χ4n) is 3.03. The van der Waals surface area contributed by atoms with E-state index in [0.29, 0.717) is 12.8 Å². The van der Waals surface area contributed by atoms with Gasteiger partial charge in [0.2, 0.25) is 10.0 Å². The first-order valence-corrected chi connectivity index (χ1v) is 12.3. The summed E-state index contributed by atoms with van der Waals surface area (Å²) in [6.45, 7) is 4.15. The molecule has 0 amide bonds. The van der Waals surface area contributed by atoms with Crippen LogP contribution < -0.4 is 4.72 Å². The van der Waals surface area contributed by atoms with E-state index in [1.165, 1.54) is 57.8 Å². The molecule has 0 saturated heterocycles. The van der Waals surface area contributed by atoms with Crippen LogP contribution in [0.15, 0.2) is 0 Å². The molecule has 0 fully saturated rings. The molecule has 0 spiro atoms. The molecule has 0 aliphatic heterocycles. The molecule has 0 heterocycles. The summed E-state index contributed by atoms with van der Waals surface area (Å²) in [4.78, 5) is 11.3. The Bertz CT molecular complexity index is 437. The standard InChI is InChI=1S/C20H41NO4S/c1-3-5-7-8-9-10-11-12-13-14-15-16-17-19(20(22)23)21-26(24,25)18-6-4-2/h19,21H,3-18H2,1-2H3,(H,22,23). The molecule has 156 valence electrons. The lowest BCUT2D eigenvalue weighted by Gasteiger charge is -2.14.